The van der Waals surface area contributed by atoms with Crippen LogP contribution in [0.5, 0.6) is 0 Å². The Balaban J connectivity index is 4.12. The smallest absolute Gasteiger partial charge is 0.101 e. The van der Waals surface area contributed by atoms with Crippen LogP contribution in [0.2, 0.25) is 0 Å². The van der Waals surface area contributed by atoms with E-state index in [2.05, 4.69) is 6.58 Å². The summed E-state index contributed by atoms with van der Waals surface area (Å²) in [5.74, 6) is 0. The topological polar surface area (TPSA) is 27.0 Å². The fraction of sp³-hybridized carbons (Fsp3) is 0.286. The molecule has 0 rings (SSSR count). The summed E-state index contributed by atoms with van der Waals surface area (Å²) >= 11 is 0. The molecule has 0 fully saturated rings. The third-order valence-electron chi connectivity index (χ3n) is 0.746. The molecule has 0 aliphatic heterocycles. The molecule has 2 heteroatoms. The van der Waals surface area contributed by atoms with Crippen molar-refractivity contribution in [2.24, 2.45) is 0 Å². The molecule has 0 atom stereocenters. The lowest BCUT2D eigenvalue weighted by Gasteiger charge is -2.02. The normalized spacial score (nSPS) is 10.1. The predicted molar refractivity (Wildman–Crippen MR) is 37.6 cm³/mol. The third-order valence-corrected chi connectivity index (χ3v) is 0.746. The van der Waals surface area contributed by atoms with Gasteiger partial charge in [0.1, 0.15) is 6.07 Å². The van der Waals surface area contributed by atoms with E-state index in [1.807, 2.05) is 20.2 Å². The fourth-order valence-corrected chi connectivity index (χ4v) is 0.405. The van der Waals surface area contributed by atoms with Crippen LogP contribution >= 0.6 is 0 Å². The number of hydrogen-bond donors (Lipinski definition) is 0. The first kappa shape index (κ1) is 7.77. The molecular formula is C7H10N2. The zero-order chi connectivity index (χ0) is 7.28. The largest absolute Gasteiger partial charge is 0.382 e. The predicted octanol–water partition coefficient (Wildman–Crippen LogP) is 1.14. The van der Waals surface area contributed by atoms with Crippen LogP contribution in [0, 0.1) is 11.3 Å². The molecule has 48 valence electrons. The Labute approximate surface area is 55.7 Å². The van der Waals surface area contributed by atoms with Gasteiger partial charge in [0.15, 0.2) is 0 Å². The van der Waals surface area contributed by atoms with Gasteiger partial charge in [-0.25, -0.2) is 0 Å². The van der Waals surface area contributed by atoms with Crippen LogP contribution in [-0.4, -0.2) is 19.0 Å². The average molecular weight is 122 g/mol. The number of allylic oxidation sites excluding steroid dienone is 2. The van der Waals surface area contributed by atoms with Gasteiger partial charge >= 0.3 is 0 Å². The number of hydrogen-bond acceptors (Lipinski definition) is 2. The third kappa shape index (κ3) is 3.36. The van der Waals surface area contributed by atoms with Crippen molar-refractivity contribution in [3.63, 3.8) is 0 Å². The molecule has 0 heterocycles. The van der Waals surface area contributed by atoms with E-state index < -0.39 is 0 Å². The zero-order valence-electron chi connectivity index (χ0n) is 5.76. The van der Waals surface area contributed by atoms with Gasteiger partial charge in [0, 0.05) is 20.3 Å². The van der Waals surface area contributed by atoms with E-state index >= 15 is 0 Å². The van der Waals surface area contributed by atoms with Gasteiger partial charge in [0.25, 0.3) is 0 Å². The van der Waals surface area contributed by atoms with E-state index in [1.165, 1.54) is 6.08 Å². The lowest BCUT2D eigenvalue weighted by atomic mass is 10.3. The van der Waals surface area contributed by atoms with Gasteiger partial charge < -0.3 is 4.90 Å². The molecule has 0 aromatic carbocycles. The molecule has 0 aromatic heterocycles. The molecule has 0 aromatic rings. The number of rotatable bonds is 2. The van der Waals surface area contributed by atoms with Crippen molar-refractivity contribution in [3.05, 3.63) is 24.4 Å². The molecule has 0 spiro atoms. The molecule has 0 saturated heterocycles. The average Bonchev–Trinajstić information content (AvgIpc) is 1.82. The van der Waals surface area contributed by atoms with Gasteiger partial charge in [-0.3, -0.25) is 0 Å². The first-order chi connectivity index (χ1) is 4.20. The molecule has 0 saturated carbocycles. The van der Waals surface area contributed by atoms with Crippen molar-refractivity contribution in [1.82, 2.24) is 4.90 Å². The van der Waals surface area contributed by atoms with Gasteiger partial charge in [-0.05, 0) is 0 Å². The molecule has 0 aliphatic rings. The van der Waals surface area contributed by atoms with E-state index in [-0.39, 0.29) is 0 Å². The quantitative estimate of drug-likeness (QED) is 0.405. The first-order valence-electron chi connectivity index (χ1n) is 2.61. The Hall–Kier alpha value is -1.23. The van der Waals surface area contributed by atoms with Crippen LogP contribution < -0.4 is 0 Å². The van der Waals surface area contributed by atoms with E-state index in [0.29, 0.717) is 5.57 Å². The molecule has 2 nitrogen and oxygen atoms in total. The molecule has 0 N–H and O–H groups in total. The maximum Gasteiger partial charge on any atom is 0.101 e. The highest BCUT2D eigenvalue weighted by Crippen LogP contribution is 1.92. The zero-order valence-corrected chi connectivity index (χ0v) is 5.76. The summed E-state index contributed by atoms with van der Waals surface area (Å²) in [6.45, 7) is 3.47. The highest BCUT2D eigenvalue weighted by atomic mass is 15.0. The van der Waals surface area contributed by atoms with Crippen molar-refractivity contribution in [2.75, 3.05) is 14.1 Å². The Morgan fingerprint density at radius 3 is 2.33 bits per heavy atom. The van der Waals surface area contributed by atoms with Gasteiger partial charge in [-0.2, -0.15) is 5.26 Å². The summed E-state index contributed by atoms with van der Waals surface area (Å²) in [7, 11) is 3.72. The van der Waals surface area contributed by atoms with Crippen molar-refractivity contribution in [3.8, 4) is 6.07 Å². The molecular weight excluding hydrogens is 112 g/mol. The molecule has 0 amide bonds. The van der Waals surface area contributed by atoms with E-state index in [9.17, 15) is 0 Å². The Morgan fingerprint density at radius 2 is 2.22 bits per heavy atom. The summed E-state index contributed by atoms with van der Waals surface area (Å²) in [6.07, 6.45) is 3.24. The monoisotopic (exact) mass is 122 g/mol. The second-order valence-electron chi connectivity index (χ2n) is 1.86. The Bertz CT molecular complexity index is 160. The maximum absolute atomic E-state index is 8.36. The Morgan fingerprint density at radius 1 is 1.67 bits per heavy atom. The van der Waals surface area contributed by atoms with Gasteiger partial charge in [0.2, 0.25) is 0 Å². The van der Waals surface area contributed by atoms with Crippen LogP contribution in [0.1, 0.15) is 0 Å². The van der Waals surface area contributed by atoms with Crippen LogP contribution in [0.15, 0.2) is 24.4 Å². The summed E-state index contributed by atoms with van der Waals surface area (Å²) in [4.78, 5) is 1.81. The lowest BCUT2D eigenvalue weighted by molar-refractivity contribution is 0.561. The highest BCUT2D eigenvalue weighted by molar-refractivity contribution is 5.30. The minimum atomic E-state index is 0.583. The summed E-state index contributed by atoms with van der Waals surface area (Å²) in [5, 5.41) is 8.36. The summed E-state index contributed by atoms with van der Waals surface area (Å²) < 4.78 is 0. The first-order valence-corrected chi connectivity index (χ1v) is 2.61. The second-order valence-corrected chi connectivity index (χ2v) is 1.86. The van der Waals surface area contributed by atoms with Crippen molar-refractivity contribution in [1.29, 1.82) is 5.26 Å². The lowest BCUT2D eigenvalue weighted by Crippen LogP contribution is -2.01. The summed E-state index contributed by atoms with van der Waals surface area (Å²) in [6, 6.07) is 1.98. The van der Waals surface area contributed by atoms with Gasteiger partial charge in [-0.1, -0.05) is 12.7 Å². The van der Waals surface area contributed by atoms with E-state index in [0.717, 1.165) is 0 Å². The van der Waals surface area contributed by atoms with Gasteiger partial charge in [0.05, 0.1) is 5.57 Å². The van der Waals surface area contributed by atoms with E-state index in [1.54, 1.807) is 11.1 Å². The molecule has 0 radical (unpaired) electrons. The standard InChI is InChI=1S/C7H10N2/c1-4-7(5-8)6-9(2)3/h4,6H,1H2,2-3H3/b7-6-. The van der Waals surface area contributed by atoms with Crippen LogP contribution in [-0.2, 0) is 0 Å². The molecule has 0 bridgehead atoms. The van der Waals surface area contributed by atoms with Crippen molar-refractivity contribution < 1.29 is 0 Å². The minimum Gasteiger partial charge on any atom is -0.382 e. The maximum atomic E-state index is 8.36. The molecule has 0 unspecified atom stereocenters. The van der Waals surface area contributed by atoms with Crippen LogP contribution in [0.3, 0.4) is 0 Å². The Kier molecular flexibility index (Phi) is 3.22. The SMILES string of the molecule is C=C/C(C#N)=C/N(C)C. The minimum absolute atomic E-state index is 0.583. The van der Waals surface area contributed by atoms with Gasteiger partial charge in [-0.15, -0.1) is 0 Å². The highest BCUT2D eigenvalue weighted by Gasteiger charge is 1.85. The van der Waals surface area contributed by atoms with Crippen molar-refractivity contribution >= 4 is 0 Å². The van der Waals surface area contributed by atoms with Crippen LogP contribution in [0.4, 0.5) is 0 Å². The summed E-state index contributed by atoms with van der Waals surface area (Å²) in [5.41, 5.74) is 0.583. The van der Waals surface area contributed by atoms with Crippen LogP contribution in [0.25, 0.3) is 0 Å². The number of nitriles is 1. The van der Waals surface area contributed by atoms with Crippen molar-refractivity contribution in [2.45, 2.75) is 0 Å². The number of nitrogens with zero attached hydrogens (tertiary/aromatic N) is 2. The fourth-order valence-electron chi connectivity index (χ4n) is 0.405. The molecule has 9 heavy (non-hydrogen) atoms. The van der Waals surface area contributed by atoms with E-state index in [4.69, 9.17) is 5.26 Å². The second kappa shape index (κ2) is 3.73. The molecule has 0 aliphatic carbocycles.